The van der Waals surface area contributed by atoms with E-state index in [1.54, 1.807) is 0 Å². The Bertz CT molecular complexity index is 1860. The van der Waals surface area contributed by atoms with Crippen molar-refractivity contribution < 1.29 is 24.5 Å². The van der Waals surface area contributed by atoms with Crippen LogP contribution in [0.1, 0.15) is 119 Å². The zero-order valence-electron chi connectivity index (χ0n) is 26.7. The minimum Gasteiger partial charge on any atom is -0.478 e. The highest BCUT2D eigenvalue weighted by atomic mass is 35.5. The molecule has 3 aromatic carbocycles. The molecule has 0 bridgehead atoms. The molecule has 2 N–H and O–H groups in total. The Kier molecular flexibility index (Phi) is 9.40. The number of halogens is 2. The average molecular weight is 663 g/mol. The molecule has 0 amide bonds. The molecule has 0 aliphatic carbocycles. The number of unbranched alkanes of at least 4 members (excludes halogenated alkanes) is 3. The van der Waals surface area contributed by atoms with Crippen molar-refractivity contribution in [3.63, 3.8) is 0 Å². The number of ether oxygens (including phenoxy) is 1. The van der Waals surface area contributed by atoms with Crippen LogP contribution < -0.4 is 20.1 Å². The van der Waals surface area contributed by atoms with Crippen LogP contribution in [0.4, 0.5) is 5.69 Å². The van der Waals surface area contributed by atoms with Gasteiger partial charge in [-0.2, -0.15) is 0 Å². The molecular weight excluding hydrogens is 621 g/mol. The van der Waals surface area contributed by atoms with E-state index in [0.29, 0.717) is 11.3 Å². The summed E-state index contributed by atoms with van der Waals surface area (Å²) in [6.45, 7) is 10.9. The molecule has 0 atom stereocenters. The quantitative estimate of drug-likeness (QED) is 0.166. The summed E-state index contributed by atoms with van der Waals surface area (Å²) < 4.78 is 7.08. The zero-order valence-corrected chi connectivity index (χ0v) is 28.2. The van der Waals surface area contributed by atoms with Gasteiger partial charge in [0.25, 0.3) is 0 Å². The van der Waals surface area contributed by atoms with Crippen LogP contribution in [0.2, 0.25) is 10.0 Å². The van der Waals surface area contributed by atoms with Crippen LogP contribution in [-0.2, 0) is 25.7 Å². The molecule has 6 nitrogen and oxygen atoms in total. The molecule has 0 radical (unpaired) electrons. The van der Waals surface area contributed by atoms with Gasteiger partial charge in [-0.25, -0.2) is 9.59 Å². The van der Waals surface area contributed by atoms with Crippen LogP contribution in [0.3, 0.4) is 0 Å². The van der Waals surface area contributed by atoms with Gasteiger partial charge in [0, 0.05) is 51.8 Å². The molecule has 0 saturated carbocycles. The van der Waals surface area contributed by atoms with Gasteiger partial charge in [0.2, 0.25) is 0 Å². The van der Waals surface area contributed by atoms with E-state index in [0.717, 1.165) is 129 Å². The summed E-state index contributed by atoms with van der Waals surface area (Å²) in [7, 11) is 0. The third kappa shape index (κ3) is 5.58. The summed E-state index contributed by atoms with van der Waals surface area (Å²) in [6, 6.07) is 5.53. The van der Waals surface area contributed by atoms with E-state index < -0.39 is 11.9 Å². The van der Waals surface area contributed by atoms with E-state index in [4.69, 9.17) is 27.9 Å². The first kappa shape index (κ1) is 32.5. The number of aryl methyl sites for hydroxylation is 2. The third-order valence-electron chi connectivity index (χ3n) is 9.79. The Balaban J connectivity index is 1.80. The summed E-state index contributed by atoms with van der Waals surface area (Å²) in [6.07, 6.45) is 11.6. The van der Waals surface area contributed by atoms with E-state index in [9.17, 15) is 19.8 Å². The first-order valence-corrected chi connectivity index (χ1v) is 17.4. The number of benzene rings is 3. The SMILES string of the molecule is C=c1c(CCCC)cc2c(c1CCCCC)Oc1c(cc3c4c1CCCCN4CCC3)C=2c1c(Cl)cc(C(=O)O)c(Cl)c1C(=O)O. The first-order chi connectivity index (χ1) is 22.2. The maximum absolute atomic E-state index is 13.0. The highest BCUT2D eigenvalue weighted by molar-refractivity contribution is 6.40. The van der Waals surface area contributed by atoms with E-state index >= 15 is 0 Å². The van der Waals surface area contributed by atoms with Gasteiger partial charge < -0.3 is 19.8 Å². The van der Waals surface area contributed by atoms with Gasteiger partial charge in [-0.05, 0) is 92.3 Å². The predicted octanol–water partition coefficient (Wildman–Crippen LogP) is 8.32. The number of rotatable bonds is 10. The van der Waals surface area contributed by atoms with Crippen LogP contribution in [0.5, 0.6) is 11.5 Å². The highest BCUT2D eigenvalue weighted by Gasteiger charge is 2.35. The number of nitrogens with zero attached hydrogens (tertiary/aromatic N) is 1. The summed E-state index contributed by atoms with van der Waals surface area (Å²) >= 11 is 13.6. The van der Waals surface area contributed by atoms with Crippen LogP contribution >= 0.6 is 23.2 Å². The third-order valence-corrected chi connectivity index (χ3v) is 10.5. The molecule has 8 heteroatoms. The van der Waals surface area contributed by atoms with Crippen molar-refractivity contribution in [3.8, 4) is 11.5 Å². The number of carboxylic acids is 2. The van der Waals surface area contributed by atoms with E-state index in [2.05, 4.69) is 37.5 Å². The molecule has 0 saturated heterocycles. The fourth-order valence-electron chi connectivity index (χ4n) is 7.56. The fraction of sp³-hybridized carbons (Fsp3) is 0.421. The van der Waals surface area contributed by atoms with Gasteiger partial charge in [0.05, 0.1) is 21.2 Å². The molecule has 6 rings (SSSR count). The van der Waals surface area contributed by atoms with E-state index in [1.165, 1.54) is 17.3 Å². The van der Waals surface area contributed by atoms with Gasteiger partial charge in [-0.15, -0.1) is 0 Å². The van der Waals surface area contributed by atoms with Crippen molar-refractivity contribution in [1.82, 2.24) is 0 Å². The molecular formula is C38H41Cl2NO5. The van der Waals surface area contributed by atoms with Crippen molar-refractivity contribution in [2.45, 2.75) is 90.9 Å². The molecule has 0 aromatic heterocycles. The Morgan fingerprint density at radius 2 is 1.67 bits per heavy atom. The molecule has 3 aliphatic heterocycles. The molecule has 0 fully saturated rings. The largest absolute Gasteiger partial charge is 0.478 e. The molecule has 3 aliphatic rings. The number of aromatic carboxylic acids is 2. The second kappa shape index (κ2) is 13.3. The Labute approximate surface area is 280 Å². The lowest BCUT2D eigenvalue weighted by molar-refractivity contribution is 0.0695. The molecule has 242 valence electrons. The maximum atomic E-state index is 13.0. The number of hydrogen-bond donors (Lipinski definition) is 2. The number of fused-ring (bicyclic) bond motifs is 3. The molecule has 3 heterocycles. The normalized spacial score (nSPS) is 15.0. The van der Waals surface area contributed by atoms with Gasteiger partial charge >= 0.3 is 11.9 Å². The number of anilines is 1. The zero-order chi connectivity index (χ0) is 32.7. The summed E-state index contributed by atoms with van der Waals surface area (Å²) in [5.41, 5.74) is 6.73. The first-order valence-electron chi connectivity index (χ1n) is 16.7. The second-order valence-corrected chi connectivity index (χ2v) is 13.6. The van der Waals surface area contributed by atoms with Gasteiger partial charge in [0.1, 0.15) is 11.5 Å². The highest BCUT2D eigenvalue weighted by Crippen LogP contribution is 2.50. The standard InChI is InChI=1S/C38H41Cl2NO5/c1-4-6-8-14-24-21(3)22(12-7-5-2)18-26-30(31-29(39)20-28(37(42)43)33(40)32(31)38(44)45)27-19-23-13-11-17-41-16-10-9-15-25(34(23)41)36(27)46-35(24)26/h18-20H,3-17H2,1-2H3,(H,42,43)(H,44,45). The van der Waals surface area contributed by atoms with Crippen LogP contribution in [0, 0.1) is 0 Å². The number of hydrogen-bond acceptors (Lipinski definition) is 4. The topological polar surface area (TPSA) is 87.1 Å². The lowest BCUT2D eigenvalue weighted by Crippen LogP contribution is -2.32. The smallest absolute Gasteiger partial charge is 0.337 e. The van der Waals surface area contributed by atoms with Gasteiger partial charge in [-0.3, -0.25) is 0 Å². The van der Waals surface area contributed by atoms with Crippen LogP contribution in [0.25, 0.3) is 12.2 Å². The number of carboxylic acid groups (broad SMARTS) is 2. The monoisotopic (exact) mass is 661 g/mol. The van der Waals surface area contributed by atoms with Gasteiger partial charge in [0.15, 0.2) is 0 Å². The Hall–Kier alpha value is -3.48. The minimum atomic E-state index is -1.34. The van der Waals surface area contributed by atoms with Crippen molar-refractivity contribution >= 4 is 53.0 Å². The van der Waals surface area contributed by atoms with E-state index in [1.807, 2.05) is 0 Å². The summed E-state index contributed by atoms with van der Waals surface area (Å²) in [5, 5.41) is 21.9. The fourth-order valence-corrected chi connectivity index (χ4v) is 8.17. The predicted molar refractivity (Wildman–Crippen MR) is 185 cm³/mol. The lowest BCUT2D eigenvalue weighted by Gasteiger charge is -2.35. The summed E-state index contributed by atoms with van der Waals surface area (Å²) in [4.78, 5) is 27.6. The lowest BCUT2D eigenvalue weighted by atomic mass is 9.82. The Morgan fingerprint density at radius 3 is 2.39 bits per heavy atom. The summed E-state index contributed by atoms with van der Waals surface area (Å²) in [5.74, 6) is -1.25. The van der Waals surface area contributed by atoms with E-state index in [-0.39, 0.29) is 26.7 Å². The van der Waals surface area contributed by atoms with Crippen molar-refractivity contribution in [1.29, 1.82) is 0 Å². The molecule has 0 spiro atoms. The molecule has 46 heavy (non-hydrogen) atoms. The Morgan fingerprint density at radius 1 is 0.913 bits per heavy atom. The maximum Gasteiger partial charge on any atom is 0.337 e. The molecule has 0 unspecified atom stereocenters. The second-order valence-electron chi connectivity index (χ2n) is 12.8. The van der Waals surface area contributed by atoms with Crippen molar-refractivity contribution in [2.24, 2.45) is 0 Å². The molecule has 3 aromatic rings. The van der Waals surface area contributed by atoms with Crippen LogP contribution in [-0.4, -0.2) is 35.2 Å². The van der Waals surface area contributed by atoms with Crippen LogP contribution in [0.15, 0.2) is 18.2 Å². The van der Waals surface area contributed by atoms with Crippen molar-refractivity contribution in [3.05, 3.63) is 83.2 Å². The number of carbonyl (C=O) groups is 2. The average Bonchev–Trinajstić information content (AvgIpc) is 3.25. The van der Waals surface area contributed by atoms with Gasteiger partial charge in [-0.1, -0.05) is 62.9 Å². The van der Waals surface area contributed by atoms with Crippen molar-refractivity contribution in [2.75, 3.05) is 18.0 Å². The minimum absolute atomic E-state index is 0.0274.